The Morgan fingerprint density at radius 3 is 2.82 bits per heavy atom. The van der Waals surface area contributed by atoms with Crippen LogP contribution < -0.4 is 10.6 Å². The van der Waals surface area contributed by atoms with Crippen molar-refractivity contribution in [2.24, 2.45) is 5.92 Å². The van der Waals surface area contributed by atoms with Crippen molar-refractivity contribution in [1.82, 2.24) is 10.6 Å². The first-order valence-electron chi connectivity index (χ1n) is 7.53. The van der Waals surface area contributed by atoms with Crippen molar-refractivity contribution in [2.75, 3.05) is 26.3 Å². The molecule has 22 heavy (non-hydrogen) atoms. The second kappa shape index (κ2) is 8.48. The average molecular weight is 308 g/mol. The van der Waals surface area contributed by atoms with Crippen LogP contribution in [-0.4, -0.2) is 38.1 Å². The van der Waals surface area contributed by atoms with Gasteiger partial charge < -0.3 is 15.4 Å². The predicted octanol–water partition coefficient (Wildman–Crippen LogP) is 1.49. The summed E-state index contributed by atoms with van der Waals surface area (Å²) >= 11 is 0. The average Bonchev–Trinajstić information content (AvgIpc) is 3.32. The third kappa shape index (κ3) is 6.22. The van der Waals surface area contributed by atoms with Gasteiger partial charge in [0.25, 0.3) is 5.91 Å². The number of amides is 2. The quantitative estimate of drug-likeness (QED) is 0.679. The van der Waals surface area contributed by atoms with Crippen molar-refractivity contribution in [3.8, 4) is 0 Å². The molecule has 1 saturated carbocycles. The molecule has 0 aromatic heterocycles. The molecule has 0 spiro atoms. The monoisotopic (exact) mass is 308 g/mol. The van der Waals surface area contributed by atoms with Gasteiger partial charge in [-0.3, -0.25) is 9.59 Å². The van der Waals surface area contributed by atoms with E-state index in [1.54, 1.807) is 0 Å². The first kappa shape index (κ1) is 16.4. The Labute approximate surface area is 129 Å². The summed E-state index contributed by atoms with van der Waals surface area (Å²) in [6.07, 6.45) is 3.28. The van der Waals surface area contributed by atoms with Gasteiger partial charge in [-0.2, -0.15) is 0 Å². The Morgan fingerprint density at radius 1 is 1.27 bits per heavy atom. The van der Waals surface area contributed by atoms with Crippen LogP contribution in [0.25, 0.3) is 0 Å². The van der Waals surface area contributed by atoms with Crippen molar-refractivity contribution in [2.45, 2.75) is 19.3 Å². The van der Waals surface area contributed by atoms with Gasteiger partial charge >= 0.3 is 0 Å². The number of nitrogens with one attached hydrogen (secondary N) is 2. The fourth-order valence-corrected chi connectivity index (χ4v) is 1.89. The number of carbonyl (C=O) groups excluding carboxylic acids is 2. The van der Waals surface area contributed by atoms with Crippen molar-refractivity contribution in [1.29, 1.82) is 0 Å². The van der Waals surface area contributed by atoms with Gasteiger partial charge in [-0.1, -0.05) is 6.07 Å². The summed E-state index contributed by atoms with van der Waals surface area (Å²) in [5.74, 6) is -0.481. The lowest BCUT2D eigenvalue weighted by molar-refractivity contribution is -0.120. The zero-order valence-electron chi connectivity index (χ0n) is 12.4. The van der Waals surface area contributed by atoms with E-state index >= 15 is 0 Å². The molecule has 0 radical (unpaired) electrons. The summed E-state index contributed by atoms with van der Waals surface area (Å²) in [5, 5.41) is 5.15. The second-order valence-electron chi connectivity index (χ2n) is 5.41. The van der Waals surface area contributed by atoms with Crippen LogP contribution in [0.5, 0.6) is 0 Å². The lowest BCUT2D eigenvalue weighted by atomic mass is 10.2. The van der Waals surface area contributed by atoms with Gasteiger partial charge in [0.15, 0.2) is 0 Å². The summed E-state index contributed by atoms with van der Waals surface area (Å²) in [4.78, 5) is 23.3. The van der Waals surface area contributed by atoms with E-state index in [-0.39, 0.29) is 18.0 Å². The zero-order chi connectivity index (χ0) is 15.8. The topological polar surface area (TPSA) is 67.4 Å². The highest BCUT2D eigenvalue weighted by molar-refractivity contribution is 5.96. The van der Waals surface area contributed by atoms with E-state index < -0.39 is 11.7 Å². The fraction of sp³-hybridized carbons (Fsp3) is 0.500. The molecule has 0 aliphatic heterocycles. The largest absolute Gasteiger partial charge is 0.381 e. The molecule has 0 unspecified atom stereocenters. The maximum absolute atomic E-state index is 13.0. The van der Waals surface area contributed by atoms with Crippen LogP contribution in [0.15, 0.2) is 24.3 Å². The van der Waals surface area contributed by atoms with Crippen molar-refractivity contribution >= 4 is 11.8 Å². The normalized spacial score (nSPS) is 13.7. The SMILES string of the molecule is O=C(CNC(=O)c1cccc(F)c1)NCCCOCC1CC1. The van der Waals surface area contributed by atoms with Gasteiger partial charge in [-0.05, 0) is 43.4 Å². The Balaban J connectivity index is 1.53. The minimum absolute atomic E-state index is 0.127. The molecule has 5 nitrogen and oxygen atoms in total. The van der Waals surface area contributed by atoms with Crippen LogP contribution in [0, 0.1) is 11.7 Å². The van der Waals surface area contributed by atoms with Crippen LogP contribution >= 0.6 is 0 Å². The summed E-state index contributed by atoms with van der Waals surface area (Å²) in [7, 11) is 0. The maximum Gasteiger partial charge on any atom is 0.251 e. The molecule has 0 saturated heterocycles. The van der Waals surface area contributed by atoms with Crippen molar-refractivity contribution in [3.63, 3.8) is 0 Å². The molecule has 6 heteroatoms. The van der Waals surface area contributed by atoms with Crippen LogP contribution in [0.4, 0.5) is 4.39 Å². The summed E-state index contributed by atoms with van der Waals surface area (Å²) in [6.45, 7) is 1.84. The van der Waals surface area contributed by atoms with Gasteiger partial charge in [0.1, 0.15) is 5.82 Å². The maximum atomic E-state index is 13.0. The number of carbonyl (C=O) groups is 2. The number of hydrogen-bond acceptors (Lipinski definition) is 3. The zero-order valence-corrected chi connectivity index (χ0v) is 12.4. The van der Waals surface area contributed by atoms with Crippen molar-refractivity contribution < 1.29 is 18.7 Å². The number of rotatable bonds is 9. The van der Waals surface area contributed by atoms with Gasteiger partial charge in [0.05, 0.1) is 6.54 Å². The van der Waals surface area contributed by atoms with E-state index in [0.29, 0.717) is 13.2 Å². The van der Waals surface area contributed by atoms with Crippen LogP contribution in [0.2, 0.25) is 0 Å². The van der Waals surface area contributed by atoms with E-state index in [1.165, 1.54) is 31.0 Å². The summed E-state index contributed by atoms with van der Waals surface area (Å²) in [5.41, 5.74) is 0.196. The lowest BCUT2D eigenvalue weighted by Crippen LogP contribution is -2.37. The van der Waals surface area contributed by atoms with Gasteiger partial charge in [0.2, 0.25) is 5.91 Å². The van der Waals surface area contributed by atoms with Gasteiger partial charge in [-0.15, -0.1) is 0 Å². The molecular weight excluding hydrogens is 287 g/mol. The lowest BCUT2D eigenvalue weighted by Gasteiger charge is -2.07. The molecule has 1 fully saturated rings. The highest BCUT2D eigenvalue weighted by Crippen LogP contribution is 2.28. The first-order chi connectivity index (χ1) is 10.6. The standard InChI is InChI=1S/C16H21FN2O3/c17-14-4-1-3-13(9-14)16(21)19-10-15(20)18-7-2-8-22-11-12-5-6-12/h1,3-4,9,12H,2,5-8,10-11H2,(H,18,20)(H,19,21). The molecule has 0 bridgehead atoms. The molecule has 1 aromatic carbocycles. The van der Waals surface area contributed by atoms with E-state index in [4.69, 9.17) is 4.74 Å². The molecule has 1 aliphatic carbocycles. The third-order valence-corrected chi connectivity index (χ3v) is 3.33. The summed E-state index contributed by atoms with van der Waals surface area (Å²) < 4.78 is 18.4. The van der Waals surface area contributed by atoms with E-state index in [0.717, 1.165) is 25.0 Å². The minimum atomic E-state index is -0.483. The first-order valence-corrected chi connectivity index (χ1v) is 7.53. The van der Waals surface area contributed by atoms with Crippen LogP contribution in [0.1, 0.15) is 29.6 Å². The minimum Gasteiger partial charge on any atom is -0.381 e. The van der Waals surface area contributed by atoms with Crippen LogP contribution in [-0.2, 0) is 9.53 Å². The van der Waals surface area contributed by atoms with E-state index in [9.17, 15) is 14.0 Å². The molecular formula is C16H21FN2O3. The number of benzene rings is 1. The molecule has 2 amide bonds. The summed E-state index contributed by atoms with van der Waals surface area (Å²) in [6, 6.07) is 5.33. The van der Waals surface area contributed by atoms with E-state index in [1.807, 2.05) is 0 Å². The smallest absolute Gasteiger partial charge is 0.251 e. The third-order valence-electron chi connectivity index (χ3n) is 3.33. The molecule has 1 aromatic rings. The number of hydrogen-bond donors (Lipinski definition) is 2. The second-order valence-corrected chi connectivity index (χ2v) is 5.41. The molecule has 2 N–H and O–H groups in total. The highest BCUT2D eigenvalue weighted by Gasteiger charge is 2.20. The van der Waals surface area contributed by atoms with Crippen LogP contribution in [0.3, 0.4) is 0 Å². The molecule has 120 valence electrons. The number of ether oxygens (including phenoxy) is 1. The fourth-order valence-electron chi connectivity index (χ4n) is 1.89. The number of halogens is 1. The Morgan fingerprint density at radius 2 is 2.09 bits per heavy atom. The van der Waals surface area contributed by atoms with Gasteiger partial charge in [-0.25, -0.2) is 4.39 Å². The highest BCUT2D eigenvalue weighted by atomic mass is 19.1. The molecule has 0 atom stereocenters. The van der Waals surface area contributed by atoms with Crippen molar-refractivity contribution in [3.05, 3.63) is 35.6 Å². The van der Waals surface area contributed by atoms with Gasteiger partial charge in [0, 0.05) is 25.3 Å². The predicted molar refractivity (Wildman–Crippen MR) is 79.9 cm³/mol. The Hall–Kier alpha value is -1.95. The van der Waals surface area contributed by atoms with E-state index in [2.05, 4.69) is 10.6 Å². The Bertz CT molecular complexity index is 518. The molecule has 0 heterocycles. The molecule has 2 rings (SSSR count). The molecule has 1 aliphatic rings. The Kier molecular flexibility index (Phi) is 6.33.